The average Bonchev–Trinajstić information content (AvgIpc) is 2.53. The summed E-state index contributed by atoms with van der Waals surface area (Å²) in [7, 11) is 0. The van der Waals surface area contributed by atoms with Crippen LogP contribution in [0.4, 0.5) is 0 Å². The van der Waals surface area contributed by atoms with Gasteiger partial charge in [-0.05, 0) is 43.4 Å². The van der Waals surface area contributed by atoms with Crippen LogP contribution in [0.3, 0.4) is 0 Å². The summed E-state index contributed by atoms with van der Waals surface area (Å²) in [5.74, 6) is 0.933. The number of phenolic OH excluding ortho intramolecular Hbond substituents is 1. The number of benzene rings is 1. The van der Waals surface area contributed by atoms with Gasteiger partial charge in [-0.1, -0.05) is 41.9 Å². The predicted molar refractivity (Wildman–Crippen MR) is 75.4 cm³/mol. The normalized spacial score (nSPS) is 28.7. The van der Waals surface area contributed by atoms with E-state index in [1.807, 2.05) is 19.1 Å². The van der Waals surface area contributed by atoms with E-state index < -0.39 is 0 Å². The van der Waals surface area contributed by atoms with Crippen molar-refractivity contribution in [3.63, 3.8) is 0 Å². The van der Waals surface area contributed by atoms with E-state index in [4.69, 9.17) is 0 Å². The minimum absolute atomic E-state index is 0.0836. The van der Waals surface area contributed by atoms with Gasteiger partial charge in [-0.3, -0.25) is 0 Å². The van der Waals surface area contributed by atoms with E-state index in [2.05, 4.69) is 36.4 Å². The Morgan fingerprint density at radius 1 is 1.47 bits per heavy atom. The molecule has 1 aromatic rings. The fourth-order valence-corrected chi connectivity index (χ4v) is 3.14. The zero-order chi connectivity index (χ0) is 12.8. The molecule has 1 aliphatic carbocycles. The molecule has 1 aromatic carbocycles. The molecule has 0 radical (unpaired) electrons. The van der Waals surface area contributed by atoms with Crippen LogP contribution < -0.4 is 0 Å². The molecule has 1 saturated carbocycles. The zero-order valence-electron chi connectivity index (χ0n) is 10.7. The van der Waals surface area contributed by atoms with Gasteiger partial charge in [0.2, 0.25) is 0 Å². The summed E-state index contributed by atoms with van der Waals surface area (Å²) in [6, 6.07) is 3.88. The number of hydrogen-bond donors (Lipinski definition) is 1. The van der Waals surface area contributed by atoms with Crippen molar-refractivity contribution in [2.24, 2.45) is 5.92 Å². The Hall–Kier alpha value is -0.760. The summed E-state index contributed by atoms with van der Waals surface area (Å²) >= 11 is 3.55. The minimum Gasteiger partial charge on any atom is -0.508 e. The molecule has 17 heavy (non-hydrogen) atoms. The lowest BCUT2D eigenvalue weighted by atomic mass is 9.76. The highest BCUT2D eigenvalue weighted by Gasteiger charge is 2.40. The monoisotopic (exact) mass is 294 g/mol. The van der Waals surface area contributed by atoms with E-state index >= 15 is 0 Å². The molecule has 0 unspecified atom stereocenters. The van der Waals surface area contributed by atoms with Gasteiger partial charge in [-0.25, -0.2) is 0 Å². The Morgan fingerprint density at radius 2 is 2.12 bits per heavy atom. The first-order valence-corrected chi connectivity index (χ1v) is 6.84. The largest absolute Gasteiger partial charge is 0.508 e. The van der Waals surface area contributed by atoms with Gasteiger partial charge in [-0.15, -0.1) is 0 Å². The highest BCUT2D eigenvalue weighted by molar-refractivity contribution is 9.10. The van der Waals surface area contributed by atoms with Crippen LogP contribution in [0.1, 0.15) is 37.8 Å². The zero-order valence-corrected chi connectivity index (χ0v) is 12.3. The molecule has 1 nitrogen and oxygen atoms in total. The first-order valence-electron chi connectivity index (χ1n) is 6.05. The van der Waals surface area contributed by atoms with Crippen molar-refractivity contribution in [3.05, 3.63) is 39.9 Å². The first-order chi connectivity index (χ1) is 7.86. The van der Waals surface area contributed by atoms with Gasteiger partial charge in [0.15, 0.2) is 0 Å². The summed E-state index contributed by atoms with van der Waals surface area (Å²) in [6.45, 7) is 10.6. The second-order valence-electron chi connectivity index (χ2n) is 5.42. The number of allylic oxidation sites excluding steroid dienone is 1. The molecule has 0 amide bonds. The maximum absolute atomic E-state index is 10.2. The Balaban J connectivity index is 2.54. The third kappa shape index (κ3) is 1.93. The van der Waals surface area contributed by atoms with E-state index in [1.165, 1.54) is 5.57 Å². The molecule has 2 heteroatoms. The van der Waals surface area contributed by atoms with Gasteiger partial charge >= 0.3 is 0 Å². The number of aryl methyl sites for hydroxylation is 1. The van der Waals surface area contributed by atoms with Gasteiger partial charge < -0.3 is 5.11 Å². The van der Waals surface area contributed by atoms with Crippen molar-refractivity contribution in [2.45, 2.75) is 39.0 Å². The van der Waals surface area contributed by atoms with Crippen LogP contribution in [0.2, 0.25) is 0 Å². The maximum atomic E-state index is 10.2. The van der Waals surface area contributed by atoms with Gasteiger partial charge in [0.05, 0.1) is 0 Å². The standard InChI is InChI=1S/C15H19BrO/c1-9-5-6-15(4,11(9)3)12-8-13(16)10(2)7-14(12)17/h7-9,17H,3,5-6H2,1-2,4H3/t9-,15+/m0/s1. The summed E-state index contributed by atoms with van der Waals surface area (Å²) in [4.78, 5) is 0. The lowest BCUT2D eigenvalue weighted by molar-refractivity contribution is 0.445. The average molecular weight is 295 g/mol. The molecule has 0 aromatic heterocycles. The number of rotatable bonds is 1. The molecule has 0 spiro atoms. The van der Waals surface area contributed by atoms with Gasteiger partial charge in [-0.2, -0.15) is 0 Å². The number of aromatic hydroxyl groups is 1. The van der Waals surface area contributed by atoms with Gasteiger partial charge in [0, 0.05) is 15.5 Å². The summed E-state index contributed by atoms with van der Waals surface area (Å²) in [5, 5.41) is 10.2. The maximum Gasteiger partial charge on any atom is 0.119 e. The fourth-order valence-electron chi connectivity index (χ4n) is 2.80. The SMILES string of the molecule is C=C1[C@@H](C)CC[C@@]1(C)c1cc(Br)c(C)cc1O. The molecule has 1 aliphatic rings. The molecule has 92 valence electrons. The van der Waals surface area contributed by atoms with Crippen molar-refractivity contribution in [2.75, 3.05) is 0 Å². The Kier molecular flexibility index (Phi) is 3.11. The molecule has 0 saturated heterocycles. The third-order valence-corrected chi connectivity index (χ3v) is 5.11. The summed E-state index contributed by atoms with van der Waals surface area (Å²) in [6.07, 6.45) is 2.22. The van der Waals surface area contributed by atoms with E-state index in [0.29, 0.717) is 11.7 Å². The topological polar surface area (TPSA) is 20.2 Å². The molecule has 1 N–H and O–H groups in total. The Bertz CT molecular complexity index is 478. The Morgan fingerprint density at radius 3 is 2.65 bits per heavy atom. The lowest BCUT2D eigenvalue weighted by Gasteiger charge is -2.28. The first kappa shape index (κ1) is 12.7. The van der Waals surface area contributed by atoms with Crippen LogP contribution in [0.15, 0.2) is 28.8 Å². The molecule has 0 bridgehead atoms. The smallest absolute Gasteiger partial charge is 0.119 e. The van der Waals surface area contributed by atoms with Crippen molar-refractivity contribution in [3.8, 4) is 5.75 Å². The number of halogens is 1. The second-order valence-corrected chi connectivity index (χ2v) is 6.27. The van der Waals surface area contributed by atoms with Gasteiger partial charge in [0.1, 0.15) is 5.75 Å². The fraction of sp³-hybridized carbons (Fsp3) is 0.467. The highest BCUT2D eigenvalue weighted by Crippen LogP contribution is 2.50. The van der Waals surface area contributed by atoms with Crippen LogP contribution in [-0.4, -0.2) is 5.11 Å². The van der Waals surface area contributed by atoms with Crippen molar-refractivity contribution in [1.29, 1.82) is 0 Å². The molecule has 2 rings (SSSR count). The summed E-state index contributed by atoms with van der Waals surface area (Å²) < 4.78 is 1.05. The molecular weight excluding hydrogens is 276 g/mol. The second kappa shape index (κ2) is 4.16. The van der Waals surface area contributed by atoms with Gasteiger partial charge in [0.25, 0.3) is 0 Å². The molecule has 0 heterocycles. The van der Waals surface area contributed by atoms with Crippen LogP contribution in [-0.2, 0) is 5.41 Å². The van der Waals surface area contributed by atoms with Crippen LogP contribution in [0.5, 0.6) is 5.75 Å². The van der Waals surface area contributed by atoms with E-state index in [9.17, 15) is 5.11 Å². The molecule has 1 fully saturated rings. The van der Waals surface area contributed by atoms with E-state index in [-0.39, 0.29) is 5.41 Å². The van der Waals surface area contributed by atoms with Crippen LogP contribution in [0.25, 0.3) is 0 Å². The van der Waals surface area contributed by atoms with Crippen molar-refractivity contribution in [1.82, 2.24) is 0 Å². The Labute approximate surface area is 112 Å². The highest BCUT2D eigenvalue weighted by atomic mass is 79.9. The lowest BCUT2D eigenvalue weighted by Crippen LogP contribution is -2.20. The van der Waals surface area contributed by atoms with Crippen molar-refractivity contribution < 1.29 is 5.11 Å². The summed E-state index contributed by atoms with van der Waals surface area (Å²) in [5.41, 5.74) is 3.22. The molecule has 2 atom stereocenters. The molecular formula is C15H19BrO. The quantitative estimate of drug-likeness (QED) is 0.744. The number of hydrogen-bond acceptors (Lipinski definition) is 1. The van der Waals surface area contributed by atoms with E-state index in [1.54, 1.807) is 0 Å². The predicted octanol–water partition coefficient (Wildman–Crippen LogP) is 4.71. The van der Waals surface area contributed by atoms with E-state index in [0.717, 1.165) is 28.4 Å². The van der Waals surface area contributed by atoms with Crippen LogP contribution in [0, 0.1) is 12.8 Å². The van der Waals surface area contributed by atoms with Crippen molar-refractivity contribution >= 4 is 15.9 Å². The molecule has 0 aliphatic heterocycles. The minimum atomic E-state index is -0.0836. The number of phenols is 1. The van der Waals surface area contributed by atoms with Crippen LogP contribution >= 0.6 is 15.9 Å². The third-order valence-electron chi connectivity index (χ3n) is 4.25.